The highest BCUT2D eigenvalue weighted by Crippen LogP contribution is 2.13. The van der Waals surface area contributed by atoms with Crippen molar-refractivity contribution in [2.45, 2.75) is 26.2 Å². The Morgan fingerprint density at radius 1 is 1.28 bits per heavy atom. The Morgan fingerprint density at radius 2 is 2.00 bits per heavy atom. The minimum atomic E-state index is -0.363. The third kappa shape index (κ3) is 5.53. The van der Waals surface area contributed by atoms with Gasteiger partial charge in [0.25, 0.3) is 0 Å². The summed E-state index contributed by atoms with van der Waals surface area (Å²) in [6.45, 7) is 6.60. The van der Waals surface area contributed by atoms with E-state index in [0.29, 0.717) is 6.61 Å². The molecular formula is C15H20O3. The standard InChI is InChI=1S/C15H20O3/c1-3-11-17-14-9-7-13(8-10-14)6-5-12-18-15(16)4-2/h4,7-10H,2-3,5-6,11-12H2,1H3. The van der Waals surface area contributed by atoms with Gasteiger partial charge in [-0.3, -0.25) is 0 Å². The molecule has 0 aliphatic carbocycles. The van der Waals surface area contributed by atoms with E-state index in [9.17, 15) is 4.79 Å². The van der Waals surface area contributed by atoms with Gasteiger partial charge in [0, 0.05) is 6.08 Å². The van der Waals surface area contributed by atoms with Crippen LogP contribution in [0.15, 0.2) is 36.9 Å². The smallest absolute Gasteiger partial charge is 0.330 e. The average molecular weight is 248 g/mol. The van der Waals surface area contributed by atoms with Crippen LogP contribution >= 0.6 is 0 Å². The van der Waals surface area contributed by atoms with Crippen LogP contribution < -0.4 is 4.74 Å². The predicted octanol–water partition coefficient (Wildman–Crippen LogP) is 3.14. The maximum absolute atomic E-state index is 10.8. The van der Waals surface area contributed by atoms with Gasteiger partial charge in [-0.05, 0) is 37.0 Å². The molecule has 0 bridgehead atoms. The van der Waals surface area contributed by atoms with Crippen LogP contribution in [0.3, 0.4) is 0 Å². The Hall–Kier alpha value is -1.77. The first-order valence-corrected chi connectivity index (χ1v) is 6.27. The van der Waals surface area contributed by atoms with Crippen molar-refractivity contribution in [2.24, 2.45) is 0 Å². The lowest BCUT2D eigenvalue weighted by Gasteiger charge is -2.06. The Labute approximate surface area is 108 Å². The van der Waals surface area contributed by atoms with E-state index >= 15 is 0 Å². The summed E-state index contributed by atoms with van der Waals surface area (Å²) < 4.78 is 10.4. The van der Waals surface area contributed by atoms with Crippen LogP contribution in [0, 0.1) is 0 Å². The van der Waals surface area contributed by atoms with Crippen molar-refractivity contribution in [1.82, 2.24) is 0 Å². The molecule has 0 saturated heterocycles. The summed E-state index contributed by atoms with van der Waals surface area (Å²) in [7, 11) is 0. The zero-order valence-corrected chi connectivity index (χ0v) is 10.9. The first kappa shape index (κ1) is 14.3. The fraction of sp³-hybridized carbons (Fsp3) is 0.400. The molecule has 0 aliphatic heterocycles. The Balaban J connectivity index is 2.26. The molecule has 0 atom stereocenters. The molecule has 0 amide bonds. The summed E-state index contributed by atoms with van der Waals surface area (Å²) in [6.07, 6.45) is 3.89. The lowest BCUT2D eigenvalue weighted by atomic mass is 10.1. The van der Waals surface area contributed by atoms with E-state index in [0.717, 1.165) is 31.6 Å². The molecule has 0 radical (unpaired) electrons. The van der Waals surface area contributed by atoms with Crippen LogP contribution in [0.2, 0.25) is 0 Å². The number of rotatable bonds is 8. The molecule has 0 aromatic heterocycles. The molecular weight excluding hydrogens is 228 g/mol. The van der Waals surface area contributed by atoms with Crippen molar-refractivity contribution < 1.29 is 14.3 Å². The zero-order valence-electron chi connectivity index (χ0n) is 10.9. The summed E-state index contributed by atoms with van der Waals surface area (Å²) in [6, 6.07) is 8.03. The van der Waals surface area contributed by atoms with E-state index in [1.807, 2.05) is 24.3 Å². The van der Waals surface area contributed by atoms with Gasteiger partial charge in [-0.15, -0.1) is 0 Å². The molecule has 3 nitrogen and oxygen atoms in total. The maximum Gasteiger partial charge on any atom is 0.330 e. The molecule has 0 fully saturated rings. The molecule has 0 unspecified atom stereocenters. The Morgan fingerprint density at radius 3 is 2.61 bits per heavy atom. The van der Waals surface area contributed by atoms with Gasteiger partial charge < -0.3 is 9.47 Å². The summed E-state index contributed by atoms with van der Waals surface area (Å²) in [5, 5.41) is 0. The van der Waals surface area contributed by atoms with Crippen LogP contribution in [0.5, 0.6) is 5.75 Å². The topological polar surface area (TPSA) is 35.5 Å². The second kappa shape index (κ2) is 8.34. The maximum atomic E-state index is 10.8. The van der Waals surface area contributed by atoms with Crippen molar-refractivity contribution in [2.75, 3.05) is 13.2 Å². The summed E-state index contributed by atoms with van der Waals surface area (Å²) in [5.41, 5.74) is 1.22. The monoisotopic (exact) mass is 248 g/mol. The number of hydrogen-bond acceptors (Lipinski definition) is 3. The summed E-state index contributed by atoms with van der Waals surface area (Å²) in [4.78, 5) is 10.8. The van der Waals surface area contributed by atoms with Crippen LogP contribution in [-0.4, -0.2) is 19.2 Å². The minimum absolute atomic E-state index is 0.363. The molecule has 18 heavy (non-hydrogen) atoms. The summed E-state index contributed by atoms with van der Waals surface area (Å²) >= 11 is 0. The first-order chi connectivity index (χ1) is 8.76. The van der Waals surface area contributed by atoms with Gasteiger partial charge in [-0.25, -0.2) is 4.79 Å². The van der Waals surface area contributed by atoms with E-state index in [1.165, 1.54) is 11.6 Å². The number of ether oxygens (including phenoxy) is 2. The molecule has 3 heteroatoms. The number of benzene rings is 1. The molecule has 1 aromatic rings. The number of hydrogen-bond donors (Lipinski definition) is 0. The van der Waals surface area contributed by atoms with Gasteiger partial charge in [0.15, 0.2) is 0 Å². The van der Waals surface area contributed by atoms with Gasteiger partial charge in [-0.2, -0.15) is 0 Å². The number of carbonyl (C=O) groups is 1. The van der Waals surface area contributed by atoms with Crippen LogP contribution in [0.1, 0.15) is 25.3 Å². The Bertz CT molecular complexity index is 368. The average Bonchev–Trinajstić information content (AvgIpc) is 2.42. The van der Waals surface area contributed by atoms with Crippen molar-refractivity contribution in [3.63, 3.8) is 0 Å². The van der Waals surface area contributed by atoms with Crippen LogP contribution in [0.4, 0.5) is 0 Å². The Kier molecular flexibility index (Phi) is 6.62. The molecule has 0 saturated carbocycles. The largest absolute Gasteiger partial charge is 0.494 e. The highest BCUT2D eigenvalue weighted by atomic mass is 16.5. The second-order valence-electron chi connectivity index (χ2n) is 3.97. The van der Waals surface area contributed by atoms with E-state index in [4.69, 9.17) is 9.47 Å². The molecule has 0 N–H and O–H groups in total. The molecule has 1 aromatic carbocycles. The first-order valence-electron chi connectivity index (χ1n) is 6.27. The predicted molar refractivity (Wildman–Crippen MR) is 71.7 cm³/mol. The SMILES string of the molecule is C=CC(=O)OCCCc1ccc(OCCC)cc1. The zero-order chi connectivity index (χ0) is 13.2. The fourth-order valence-corrected chi connectivity index (χ4v) is 1.48. The molecule has 98 valence electrons. The van der Waals surface area contributed by atoms with Gasteiger partial charge >= 0.3 is 5.97 Å². The minimum Gasteiger partial charge on any atom is -0.494 e. The highest BCUT2D eigenvalue weighted by molar-refractivity contribution is 5.81. The van der Waals surface area contributed by atoms with Crippen LogP contribution in [0.25, 0.3) is 0 Å². The molecule has 1 rings (SSSR count). The summed E-state index contributed by atoms with van der Waals surface area (Å²) in [5.74, 6) is 0.539. The van der Waals surface area contributed by atoms with E-state index < -0.39 is 0 Å². The normalized spacial score (nSPS) is 9.83. The van der Waals surface area contributed by atoms with Crippen molar-refractivity contribution in [1.29, 1.82) is 0 Å². The van der Waals surface area contributed by atoms with Gasteiger partial charge in [0.2, 0.25) is 0 Å². The van der Waals surface area contributed by atoms with Gasteiger partial charge in [0.1, 0.15) is 5.75 Å². The van der Waals surface area contributed by atoms with Gasteiger partial charge in [0.05, 0.1) is 13.2 Å². The van der Waals surface area contributed by atoms with E-state index in [-0.39, 0.29) is 5.97 Å². The van der Waals surface area contributed by atoms with E-state index in [1.54, 1.807) is 0 Å². The third-order valence-electron chi connectivity index (χ3n) is 2.42. The van der Waals surface area contributed by atoms with Crippen molar-refractivity contribution in [3.8, 4) is 5.75 Å². The second-order valence-corrected chi connectivity index (χ2v) is 3.97. The third-order valence-corrected chi connectivity index (χ3v) is 2.42. The quantitative estimate of drug-likeness (QED) is 0.403. The van der Waals surface area contributed by atoms with Crippen molar-refractivity contribution in [3.05, 3.63) is 42.5 Å². The molecule has 0 aliphatic rings. The van der Waals surface area contributed by atoms with Crippen LogP contribution in [-0.2, 0) is 16.0 Å². The molecule has 0 heterocycles. The van der Waals surface area contributed by atoms with E-state index in [2.05, 4.69) is 13.5 Å². The van der Waals surface area contributed by atoms with Gasteiger partial charge in [-0.1, -0.05) is 25.6 Å². The highest BCUT2D eigenvalue weighted by Gasteiger charge is 1.98. The number of carbonyl (C=O) groups excluding carboxylic acids is 1. The lowest BCUT2D eigenvalue weighted by molar-refractivity contribution is -0.137. The number of aryl methyl sites for hydroxylation is 1. The lowest BCUT2D eigenvalue weighted by Crippen LogP contribution is -2.02. The molecule has 0 spiro atoms. The fourth-order valence-electron chi connectivity index (χ4n) is 1.48. The number of esters is 1. The van der Waals surface area contributed by atoms with Crippen molar-refractivity contribution >= 4 is 5.97 Å².